The first-order valence-corrected chi connectivity index (χ1v) is 8.71. The fraction of sp³-hybridized carbons (Fsp3) is 0.300. The smallest absolute Gasteiger partial charge is 0.224 e. The molecule has 0 spiro atoms. The second kappa shape index (κ2) is 8.07. The summed E-state index contributed by atoms with van der Waals surface area (Å²) < 4.78 is 18.4. The fourth-order valence-corrected chi connectivity index (χ4v) is 2.73. The molecule has 0 unspecified atom stereocenters. The molecule has 7 heteroatoms. The van der Waals surface area contributed by atoms with Crippen molar-refractivity contribution in [2.24, 2.45) is 0 Å². The van der Waals surface area contributed by atoms with Crippen molar-refractivity contribution in [3.05, 3.63) is 64.6 Å². The zero-order chi connectivity index (χ0) is 19.4. The number of halogens is 1. The van der Waals surface area contributed by atoms with Crippen LogP contribution in [0.1, 0.15) is 28.3 Å². The van der Waals surface area contributed by atoms with Gasteiger partial charge in [0.15, 0.2) is 5.76 Å². The van der Waals surface area contributed by atoms with Crippen LogP contribution in [-0.4, -0.2) is 27.6 Å². The van der Waals surface area contributed by atoms with E-state index >= 15 is 0 Å². The normalized spacial score (nSPS) is 10.8. The minimum absolute atomic E-state index is 0.124. The molecule has 0 aliphatic carbocycles. The van der Waals surface area contributed by atoms with E-state index < -0.39 is 0 Å². The lowest BCUT2D eigenvalue weighted by Gasteiger charge is -2.09. The van der Waals surface area contributed by atoms with Crippen LogP contribution in [0.25, 0.3) is 11.3 Å². The Morgan fingerprint density at radius 2 is 1.93 bits per heavy atom. The van der Waals surface area contributed by atoms with Gasteiger partial charge in [0.05, 0.1) is 23.4 Å². The van der Waals surface area contributed by atoms with Gasteiger partial charge in [-0.05, 0) is 38.5 Å². The molecule has 27 heavy (non-hydrogen) atoms. The van der Waals surface area contributed by atoms with E-state index in [1.165, 1.54) is 12.1 Å². The summed E-state index contributed by atoms with van der Waals surface area (Å²) in [6, 6.07) is 5.91. The second-order valence-corrected chi connectivity index (χ2v) is 6.40. The van der Waals surface area contributed by atoms with Gasteiger partial charge in [-0.15, -0.1) is 0 Å². The first-order valence-electron chi connectivity index (χ1n) is 8.71. The second-order valence-electron chi connectivity index (χ2n) is 6.40. The fourth-order valence-electron chi connectivity index (χ4n) is 2.73. The van der Waals surface area contributed by atoms with E-state index in [4.69, 9.17) is 4.52 Å². The Kier molecular flexibility index (Phi) is 5.59. The molecule has 1 amide bonds. The maximum Gasteiger partial charge on any atom is 0.224 e. The van der Waals surface area contributed by atoms with Crippen molar-refractivity contribution >= 4 is 5.91 Å². The van der Waals surface area contributed by atoms with E-state index in [2.05, 4.69) is 20.4 Å². The average Bonchev–Trinajstić information content (AvgIpc) is 2.96. The zero-order valence-electron chi connectivity index (χ0n) is 15.5. The van der Waals surface area contributed by atoms with Crippen LogP contribution >= 0.6 is 0 Å². The third kappa shape index (κ3) is 4.55. The van der Waals surface area contributed by atoms with Crippen molar-refractivity contribution in [3.63, 3.8) is 0 Å². The molecule has 0 saturated carbocycles. The van der Waals surface area contributed by atoms with Gasteiger partial charge < -0.3 is 9.84 Å². The van der Waals surface area contributed by atoms with Gasteiger partial charge in [-0.2, -0.15) is 0 Å². The molecular weight excluding hydrogens is 347 g/mol. The summed E-state index contributed by atoms with van der Waals surface area (Å²) in [5.41, 5.74) is 4.11. The van der Waals surface area contributed by atoms with Crippen LogP contribution in [0.5, 0.6) is 0 Å². The van der Waals surface area contributed by atoms with Crippen molar-refractivity contribution < 1.29 is 13.7 Å². The molecule has 6 nitrogen and oxygen atoms in total. The molecule has 0 aliphatic rings. The largest absolute Gasteiger partial charge is 0.356 e. The number of hydrogen-bond acceptors (Lipinski definition) is 5. The van der Waals surface area contributed by atoms with E-state index in [1.807, 2.05) is 20.8 Å². The number of carbonyl (C=O) groups excluding carboxylic acids is 1. The maximum atomic E-state index is 12.9. The molecule has 0 atom stereocenters. The first-order chi connectivity index (χ1) is 12.9. The molecular formula is C20H21FN4O2. The van der Waals surface area contributed by atoms with Crippen molar-refractivity contribution in [3.8, 4) is 11.3 Å². The Hall–Kier alpha value is -3.09. The predicted molar refractivity (Wildman–Crippen MR) is 98.6 cm³/mol. The van der Waals surface area contributed by atoms with Crippen LogP contribution < -0.4 is 5.32 Å². The molecule has 2 heterocycles. The van der Waals surface area contributed by atoms with E-state index in [9.17, 15) is 9.18 Å². The van der Waals surface area contributed by atoms with Gasteiger partial charge >= 0.3 is 0 Å². The number of aromatic nitrogens is 3. The highest BCUT2D eigenvalue weighted by atomic mass is 19.1. The van der Waals surface area contributed by atoms with Gasteiger partial charge in [-0.25, -0.2) is 14.4 Å². The molecule has 0 bridgehead atoms. The molecule has 3 rings (SSSR count). The molecule has 0 aliphatic heterocycles. The van der Waals surface area contributed by atoms with E-state index in [-0.39, 0.29) is 18.1 Å². The van der Waals surface area contributed by atoms with Crippen LogP contribution in [0.4, 0.5) is 4.39 Å². The van der Waals surface area contributed by atoms with Crippen LogP contribution in [0.2, 0.25) is 0 Å². The van der Waals surface area contributed by atoms with Crippen molar-refractivity contribution in [1.29, 1.82) is 0 Å². The minimum Gasteiger partial charge on any atom is -0.356 e. The molecule has 1 N–H and O–H groups in total. The molecule has 0 radical (unpaired) electrons. The van der Waals surface area contributed by atoms with Crippen molar-refractivity contribution in [1.82, 2.24) is 20.4 Å². The van der Waals surface area contributed by atoms with Crippen LogP contribution in [0.3, 0.4) is 0 Å². The SMILES string of the molecule is Cc1ncc(-c2onc(C)c2C)c(CCNC(=O)Cc2ccc(F)cc2)n1. The Morgan fingerprint density at radius 3 is 2.59 bits per heavy atom. The van der Waals surface area contributed by atoms with Crippen molar-refractivity contribution in [2.75, 3.05) is 6.54 Å². The van der Waals surface area contributed by atoms with E-state index in [0.29, 0.717) is 24.6 Å². The molecule has 140 valence electrons. The Labute approximate surface area is 156 Å². The Bertz CT molecular complexity index is 951. The number of hydrogen-bond donors (Lipinski definition) is 1. The van der Waals surface area contributed by atoms with Gasteiger partial charge in [-0.3, -0.25) is 4.79 Å². The van der Waals surface area contributed by atoms with Crippen molar-refractivity contribution in [2.45, 2.75) is 33.6 Å². The lowest BCUT2D eigenvalue weighted by molar-refractivity contribution is -0.120. The molecule has 2 aromatic heterocycles. The standard InChI is InChI=1S/C20H21FN4O2/c1-12-13(2)25-27-20(12)17-11-23-14(3)24-18(17)8-9-22-19(26)10-15-4-6-16(21)7-5-15/h4-7,11H,8-10H2,1-3H3,(H,22,26). The van der Waals surface area contributed by atoms with Gasteiger partial charge in [0.2, 0.25) is 5.91 Å². The highest BCUT2D eigenvalue weighted by Gasteiger charge is 2.16. The predicted octanol–water partition coefficient (Wildman–Crippen LogP) is 3.10. The number of aryl methyl sites for hydroxylation is 2. The number of carbonyl (C=O) groups is 1. The van der Waals surface area contributed by atoms with Gasteiger partial charge in [0.1, 0.15) is 11.6 Å². The summed E-state index contributed by atoms with van der Waals surface area (Å²) in [5, 5.41) is 6.86. The third-order valence-electron chi connectivity index (χ3n) is 4.35. The highest BCUT2D eigenvalue weighted by Crippen LogP contribution is 2.27. The van der Waals surface area contributed by atoms with Gasteiger partial charge in [0, 0.05) is 24.7 Å². The average molecular weight is 368 g/mol. The monoisotopic (exact) mass is 368 g/mol. The lowest BCUT2D eigenvalue weighted by atomic mass is 10.1. The summed E-state index contributed by atoms with van der Waals surface area (Å²) in [4.78, 5) is 20.9. The summed E-state index contributed by atoms with van der Waals surface area (Å²) >= 11 is 0. The molecule has 3 aromatic rings. The summed E-state index contributed by atoms with van der Waals surface area (Å²) in [6.45, 7) is 6.07. The lowest BCUT2D eigenvalue weighted by Crippen LogP contribution is -2.27. The summed E-state index contributed by atoms with van der Waals surface area (Å²) in [7, 11) is 0. The first kappa shape index (κ1) is 18.7. The Balaban J connectivity index is 1.65. The van der Waals surface area contributed by atoms with Crippen LogP contribution in [0.15, 0.2) is 35.0 Å². The Morgan fingerprint density at radius 1 is 1.19 bits per heavy atom. The highest BCUT2D eigenvalue weighted by molar-refractivity contribution is 5.78. The molecule has 1 aromatic carbocycles. The molecule has 0 saturated heterocycles. The van der Waals surface area contributed by atoms with E-state index in [1.54, 1.807) is 18.3 Å². The number of benzene rings is 1. The van der Waals surface area contributed by atoms with Crippen LogP contribution in [0, 0.1) is 26.6 Å². The quantitative estimate of drug-likeness (QED) is 0.723. The summed E-state index contributed by atoms with van der Waals surface area (Å²) in [5.74, 6) is 0.866. The van der Waals surface area contributed by atoms with Crippen LogP contribution in [-0.2, 0) is 17.6 Å². The van der Waals surface area contributed by atoms with Gasteiger partial charge in [-0.1, -0.05) is 17.3 Å². The molecule has 0 fully saturated rings. The topological polar surface area (TPSA) is 80.9 Å². The zero-order valence-corrected chi connectivity index (χ0v) is 15.5. The number of rotatable bonds is 6. The summed E-state index contributed by atoms with van der Waals surface area (Å²) in [6.07, 6.45) is 2.47. The number of nitrogens with zero attached hydrogens (tertiary/aromatic N) is 3. The number of amides is 1. The van der Waals surface area contributed by atoms with Gasteiger partial charge in [0.25, 0.3) is 0 Å². The number of nitrogens with one attached hydrogen (secondary N) is 1. The minimum atomic E-state index is -0.316. The third-order valence-corrected chi connectivity index (χ3v) is 4.35. The maximum absolute atomic E-state index is 12.9. The van der Waals surface area contributed by atoms with E-state index in [0.717, 1.165) is 28.1 Å².